The Bertz CT molecular complexity index is 326. The standard InChI is InChI=1S/C10H12BrNO2/c1-7(2)14-10(13)12-9-5-3-4-8(11)6-9/h3-7H,1-2H3,(H,12,13). The summed E-state index contributed by atoms with van der Waals surface area (Å²) in [6, 6.07) is 7.34. The second kappa shape index (κ2) is 5.00. The van der Waals surface area contributed by atoms with E-state index in [4.69, 9.17) is 4.74 Å². The molecule has 1 rings (SSSR count). The number of hydrogen-bond donors (Lipinski definition) is 1. The largest absolute Gasteiger partial charge is 0.447 e. The van der Waals surface area contributed by atoms with Gasteiger partial charge < -0.3 is 4.74 Å². The summed E-state index contributed by atoms with van der Waals surface area (Å²) in [5, 5.41) is 2.62. The van der Waals surface area contributed by atoms with Crippen molar-refractivity contribution in [2.75, 3.05) is 5.32 Å². The van der Waals surface area contributed by atoms with Crippen LogP contribution < -0.4 is 5.32 Å². The Morgan fingerprint density at radius 1 is 1.50 bits per heavy atom. The van der Waals surface area contributed by atoms with Crippen molar-refractivity contribution in [2.45, 2.75) is 20.0 Å². The van der Waals surface area contributed by atoms with Crippen molar-refractivity contribution in [1.82, 2.24) is 0 Å². The quantitative estimate of drug-likeness (QED) is 0.882. The van der Waals surface area contributed by atoms with Crippen molar-refractivity contribution in [3.8, 4) is 0 Å². The maximum atomic E-state index is 11.2. The molecule has 0 saturated carbocycles. The molecule has 0 bridgehead atoms. The topological polar surface area (TPSA) is 38.3 Å². The Morgan fingerprint density at radius 2 is 2.21 bits per heavy atom. The van der Waals surface area contributed by atoms with Gasteiger partial charge in [0.1, 0.15) is 0 Å². The molecule has 0 saturated heterocycles. The number of amides is 1. The normalized spacial score (nSPS) is 10.0. The molecule has 0 fully saturated rings. The average Bonchev–Trinajstić information content (AvgIpc) is 2.01. The molecule has 3 nitrogen and oxygen atoms in total. The van der Waals surface area contributed by atoms with Crippen LogP contribution in [0.2, 0.25) is 0 Å². The highest BCUT2D eigenvalue weighted by Gasteiger charge is 2.04. The Labute approximate surface area is 91.6 Å². The summed E-state index contributed by atoms with van der Waals surface area (Å²) >= 11 is 3.31. The molecule has 1 aromatic carbocycles. The fourth-order valence-corrected chi connectivity index (χ4v) is 1.33. The number of carbonyl (C=O) groups excluding carboxylic acids is 1. The Morgan fingerprint density at radius 3 is 2.79 bits per heavy atom. The molecular formula is C10H12BrNO2. The molecule has 0 aliphatic heterocycles. The first-order chi connectivity index (χ1) is 6.58. The van der Waals surface area contributed by atoms with E-state index in [0.29, 0.717) is 5.69 Å². The van der Waals surface area contributed by atoms with E-state index in [1.165, 1.54) is 0 Å². The van der Waals surface area contributed by atoms with Crippen molar-refractivity contribution in [3.05, 3.63) is 28.7 Å². The van der Waals surface area contributed by atoms with Crippen LogP contribution in [0, 0.1) is 0 Å². The molecule has 1 aromatic rings. The Balaban J connectivity index is 2.56. The van der Waals surface area contributed by atoms with Crippen LogP contribution in [0.4, 0.5) is 10.5 Å². The molecule has 0 radical (unpaired) electrons. The fraction of sp³-hybridized carbons (Fsp3) is 0.300. The molecule has 1 N–H and O–H groups in total. The minimum atomic E-state index is -0.432. The van der Waals surface area contributed by atoms with Gasteiger partial charge in [0.15, 0.2) is 0 Å². The summed E-state index contributed by atoms with van der Waals surface area (Å²) in [5.41, 5.74) is 0.713. The van der Waals surface area contributed by atoms with Gasteiger partial charge in [-0.15, -0.1) is 0 Å². The van der Waals surface area contributed by atoms with Crippen molar-refractivity contribution >= 4 is 27.7 Å². The molecule has 0 unspecified atom stereocenters. The minimum Gasteiger partial charge on any atom is -0.447 e. The smallest absolute Gasteiger partial charge is 0.411 e. The predicted octanol–water partition coefficient (Wildman–Crippen LogP) is 3.41. The van der Waals surface area contributed by atoms with Crippen molar-refractivity contribution in [3.63, 3.8) is 0 Å². The van der Waals surface area contributed by atoms with E-state index in [9.17, 15) is 4.79 Å². The van der Waals surface area contributed by atoms with Gasteiger partial charge in [-0.25, -0.2) is 4.79 Å². The second-order valence-corrected chi connectivity index (χ2v) is 4.01. The SMILES string of the molecule is CC(C)OC(=O)Nc1cccc(Br)c1. The number of ether oxygens (including phenoxy) is 1. The number of hydrogen-bond acceptors (Lipinski definition) is 2. The molecule has 0 atom stereocenters. The third kappa shape index (κ3) is 3.79. The number of benzene rings is 1. The van der Waals surface area contributed by atoms with Gasteiger partial charge in [0, 0.05) is 10.2 Å². The van der Waals surface area contributed by atoms with Gasteiger partial charge in [-0.1, -0.05) is 22.0 Å². The van der Waals surface area contributed by atoms with E-state index >= 15 is 0 Å². The Hall–Kier alpha value is -1.03. The number of carbonyl (C=O) groups is 1. The molecule has 4 heteroatoms. The zero-order valence-corrected chi connectivity index (χ0v) is 9.67. The fourth-order valence-electron chi connectivity index (χ4n) is 0.928. The first kappa shape index (κ1) is 11.0. The molecule has 14 heavy (non-hydrogen) atoms. The maximum absolute atomic E-state index is 11.2. The number of anilines is 1. The highest BCUT2D eigenvalue weighted by molar-refractivity contribution is 9.10. The average molecular weight is 258 g/mol. The van der Waals surface area contributed by atoms with Gasteiger partial charge in [0.2, 0.25) is 0 Å². The van der Waals surface area contributed by atoms with Crippen molar-refractivity contribution in [1.29, 1.82) is 0 Å². The maximum Gasteiger partial charge on any atom is 0.411 e. The zero-order chi connectivity index (χ0) is 10.6. The minimum absolute atomic E-state index is 0.109. The lowest BCUT2D eigenvalue weighted by Gasteiger charge is -2.09. The van der Waals surface area contributed by atoms with E-state index in [0.717, 1.165) is 4.47 Å². The monoisotopic (exact) mass is 257 g/mol. The van der Waals surface area contributed by atoms with Crippen molar-refractivity contribution < 1.29 is 9.53 Å². The number of halogens is 1. The van der Waals surface area contributed by atoms with Crippen LogP contribution in [0.5, 0.6) is 0 Å². The van der Waals surface area contributed by atoms with E-state index in [1.54, 1.807) is 19.9 Å². The molecule has 1 amide bonds. The van der Waals surface area contributed by atoms with Crippen LogP contribution >= 0.6 is 15.9 Å². The Kier molecular flexibility index (Phi) is 3.95. The predicted molar refractivity (Wildman–Crippen MR) is 59.4 cm³/mol. The molecule has 0 aromatic heterocycles. The summed E-state index contributed by atoms with van der Waals surface area (Å²) < 4.78 is 5.85. The molecule has 0 aliphatic carbocycles. The van der Waals surface area contributed by atoms with E-state index in [2.05, 4.69) is 21.2 Å². The summed E-state index contributed by atoms with van der Waals surface area (Å²) in [6.45, 7) is 3.61. The summed E-state index contributed by atoms with van der Waals surface area (Å²) in [4.78, 5) is 11.2. The van der Waals surface area contributed by atoms with Gasteiger partial charge >= 0.3 is 6.09 Å². The third-order valence-electron chi connectivity index (χ3n) is 1.41. The van der Waals surface area contributed by atoms with Crippen LogP contribution in [0.1, 0.15) is 13.8 Å². The van der Waals surface area contributed by atoms with Crippen LogP contribution in [0.15, 0.2) is 28.7 Å². The second-order valence-electron chi connectivity index (χ2n) is 3.09. The number of nitrogens with one attached hydrogen (secondary N) is 1. The summed E-state index contributed by atoms with van der Waals surface area (Å²) in [7, 11) is 0. The van der Waals surface area contributed by atoms with E-state index in [1.807, 2.05) is 18.2 Å². The molecule has 0 heterocycles. The molecule has 0 spiro atoms. The first-order valence-electron chi connectivity index (χ1n) is 4.31. The van der Waals surface area contributed by atoms with Crippen LogP contribution in [0.3, 0.4) is 0 Å². The van der Waals surface area contributed by atoms with E-state index < -0.39 is 6.09 Å². The van der Waals surface area contributed by atoms with Crippen molar-refractivity contribution in [2.24, 2.45) is 0 Å². The van der Waals surface area contributed by atoms with Gasteiger partial charge in [-0.2, -0.15) is 0 Å². The lowest BCUT2D eigenvalue weighted by Crippen LogP contribution is -2.17. The lowest BCUT2D eigenvalue weighted by molar-refractivity contribution is 0.130. The highest BCUT2D eigenvalue weighted by atomic mass is 79.9. The van der Waals surface area contributed by atoms with Crippen LogP contribution in [-0.2, 0) is 4.74 Å². The highest BCUT2D eigenvalue weighted by Crippen LogP contribution is 2.15. The van der Waals surface area contributed by atoms with Gasteiger partial charge in [-0.3, -0.25) is 5.32 Å². The number of rotatable bonds is 2. The van der Waals surface area contributed by atoms with Gasteiger partial charge in [0.05, 0.1) is 6.10 Å². The molecular weight excluding hydrogens is 246 g/mol. The van der Waals surface area contributed by atoms with E-state index in [-0.39, 0.29) is 6.10 Å². The van der Waals surface area contributed by atoms with Gasteiger partial charge in [-0.05, 0) is 32.0 Å². The lowest BCUT2D eigenvalue weighted by atomic mass is 10.3. The van der Waals surface area contributed by atoms with Crippen LogP contribution in [0.25, 0.3) is 0 Å². The third-order valence-corrected chi connectivity index (χ3v) is 1.91. The summed E-state index contributed by atoms with van der Waals surface area (Å²) in [5.74, 6) is 0. The summed E-state index contributed by atoms with van der Waals surface area (Å²) in [6.07, 6.45) is -0.541. The molecule has 76 valence electrons. The zero-order valence-electron chi connectivity index (χ0n) is 8.08. The molecule has 0 aliphatic rings. The first-order valence-corrected chi connectivity index (χ1v) is 5.10. The van der Waals surface area contributed by atoms with Crippen LogP contribution in [-0.4, -0.2) is 12.2 Å². The van der Waals surface area contributed by atoms with Gasteiger partial charge in [0.25, 0.3) is 0 Å².